The topological polar surface area (TPSA) is 38.3 Å². The highest BCUT2D eigenvalue weighted by molar-refractivity contribution is 5.77. The van der Waals surface area contributed by atoms with Crippen LogP contribution in [0, 0.1) is 11.8 Å². The van der Waals surface area contributed by atoms with E-state index < -0.39 is 29.8 Å². The van der Waals surface area contributed by atoms with Crippen molar-refractivity contribution in [3.8, 4) is 0 Å². The van der Waals surface area contributed by atoms with E-state index in [1.165, 1.54) is 7.11 Å². The van der Waals surface area contributed by atoms with E-state index in [1.54, 1.807) is 0 Å². The van der Waals surface area contributed by atoms with Crippen LogP contribution in [0.3, 0.4) is 0 Å². The molecule has 2 aliphatic rings. The van der Waals surface area contributed by atoms with Gasteiger partial charge in [0.05, 0.1) is 13.0 Å². The van der Waals surface area contributed by atoms with Gasteiger partial charge in [0.1, 0.15) is 6.04 Å². The second kappa shape index (κ2) is 2.16. The van der Waals surface area contributed by atoms with E-state index in [-0.39, 0.29) is 6.54 Å². The minimum Gasteiger partial charge on any atom is -0.468 e. The lowest BCUT2D eigenvalue weighted by molar-refractivity contribution is -0.144. The van der Waals surface area contributed by atoms with Gasteiger partial charge in [-0.05, 0) is 0 Å². The number of fused-ring (bicyclic) bond motifs is 1. The van der Waals surface area contributed by atoms with Crippen molar-refractivity contribution >= 4 is 5.97 Å². The summed E-state index contributed by atoms with van der Waals surface area (Å²) >= 11 is 0. The number of carbonyl (C=O) groups is 1. The summed E-state index contributed by atoms with van der Waals surface area (Å²) in [6, 6.07) is -0.796. The average molecular weight is 177 g/mol. The number of alkyl halides is 2. The first kappa shape index (κ1) is 7.91. The van der Waals surface area contributed by atoms with Crippen LogP contribution in [0.5, 0.6) is 0 Å². The van der Waals surface area contributed by atoms with Gasteiger partial charge < -0.3 is 10.1 Å². The zero-order valence-electron chi connectivity index (χ0n) is 6.51. The molecule has 5 heteroatoms. The van der Waals surface area contributed by atoms with Gasteiger partial charge in [-0.1, -0.05) is 0 Å². The number of piperidine rings is 1. The Balaban J connectivity index is 2.08. The second-order valence-corrected chi connectivity index (χ2v) is 3.22. The molecule has 68 valence electrons. The molecule has 0 spiro atoms. The molecule has 0 aromatic carbocycles. The average Bonchev–Trinajstić information content (AvgIpc) is 2.52. The van der Waals surface area contributed by atoms with Crippen LogP contribution in [0.2, 0.25) is 0 Å². The maximum atomic E-state index is 12.7. The zero-order chi connectivity index (χ0) is 8.93. The molecular formula is C7H9F2NO2. The van der Waals surface area contributed by atoms with Crippen LogP contribution in [0.15, 0.2) is 0 Å². The van der Waals surface area contributed by atoms with Gasteiger partial charge in [0.25, 0.3) is 5.92 Å². The number of rotatable bonds is 1. The number of nitrogens with one attached hydrogen (secondary N) is 1. The molecule has 0 aromatic heterocycles. The van der Waals surface area contributed by atoms with Crippen molar-refractivity contribution in [3.05, 3.63) is 0 Å². The summed E-state index contributed by atoms with van der Waals surface area (Å²) in [5.41, 5.74) is 0. The summed E-state index contributed by atoms with van der Waals surface area (Å²) in [5.74, 6) is -4.71. The maximum absolute atomic E-state index is 12.7. The SMILES string of the molecule is COC(=O)[C@H]1NC[C@H]2[C@@H]1C2(F)F. The molecule has 2 fully saturated rings. The van der Waals surface area contributed by atoms with Crippen molar-refractivity contribution < 1.29 is 18.3 Å². The quantitative estimate of drug-likeness (QED) is 0.573. The fraction of sp³-hybridized carbons (Fsp3) is 0.857. The molecule has 1 saturated heterocycles. The van der Waals surface area contributed by atoms with Crippen molar-refractivity contribution in [2.45, 2.75) is 12.0 Å². The van der Waals surface area contributed by atoms with E-state index in [2.05, 4.69) is 10.1 Å². The van der Waals surface area contributed by atoms with Gasteiger partial charge in [-0.2, -0.15) is 0 Å². The minimum absolute atomic E-state index is 0.220. The molecule has 1 heterocycles. The van der Waals surface area contributed by atoms with Crippen molar-refractivity contribution in [2.24, 2.45) is 11.8 Å². The third-order valence-corrected chi connectivity index (χ3v) is 2.64. The van der Waals surface area contributed by atoms with Crippen molar-refractivity contribution in [3.63, 3.8) is 0 Å². The number of methoxy groups -OCH3 is 1. The van der Waals surface area contributed by atoms with Crippen LogP contribution >= 0.6 is 0 Å². The molecule has 12 heavy (non-hydrogen) atoms. The Bertz CT molecular complexity index is 231. The van der Waals surface area contributed by atoms with Crippen LogP contribution in [-0.2, 0) is 9.53 Å². The molecule has 1 N–H and O–H groups in total. The summed E-state index contributed by atoms with van der Waals surface area (Å²) in [4.78, 5) is 10.9. The lowest BCUT2D eigenvalue weighted by atomic mass is 10.2. The molecule has 1 saturated carbocycles. The molecule has 1 aliphatic carbocycles. The fourth-order valence-electron chi connectivity index (χ4n) is 1.87. The Morgan fingerprint density at radius 1 is 1.67 bits per heavy atom. The van der Waals surface area contributed by atoms with Crippen LogP contribution in [-0.4, -0.2) is 31.6 Å². The lowest BCUT2D eigenvalue weighted by Crippen LogP contribution is -2.39. The highest BCUT2D eigenvalue weighted by Gasteiger charge is 2.75. The van der Waals surface area contributed by atoms with Crippen LogP contribution in [0.25, 0.3) is 0 Å². The molecule has 0 unspecified atom stereocenters. The van der Waals surface area contributed by atoms with Gasteiger partial charge in [-0.15, -0.1) is 0 Å². The Morgan fingerprint density at radius 2 is 2.33 bits per heavy atom. The third-order valence-electron chi connectivity index (χ3n) is 2.64. The Kier molecular flexibility index (Phi) is 1.42. The van der Waals surface area contributed by atoms with Crippen LogP contribution in [0.1, 0.15) is 0 Å². The fourth-order valence-corrected chi connectivity index (χ4v) is 1.87. The first-order valence-corrected chi connectivity index (χ1v) is 3.78. The van der Waals surface area contributed by atoms with Gasteiger partial charge in [-0.25, -0.2) is 8.78 Å². The zero-order valence-corrected chi connectivity index (χ0v) is 6.51. The van der Waals surface area contributed by atoms with Gasteiger partial charge in [0, 0.05) is 12.5 Å². The number of hydrogen-bond donors (Lipinski definition) is 1. The molecule has 2 rings (SSSR count). The predicted octanol–water partition coefficient (Wildman–Crippen LogP) is 0.0125. The highest BCUT2D eigenvalue weighted by atomic mass is 19.3. The smallest absolute Gasteiger partial charge is 0.323 e. The monoisotopic (exact) mass is 177 g/mol. The number of halogens is 2. The van der Waals surface area contributed by atoms with Crippen LogP contribution in [0.4, 0.5) is 8.78 Å². The summed E-state index contributed by atoms with van der Waals surface area (Å²) < 4.78 is 29.9. The van der Waals surface area contributed by atoms with Gasteiger partial charge in [0.2, 0.25) is 0 Å². The molecule has 3 nitrogen and oxygen atoms in total. The number of hydrogen-bond acceptors (Lipinski definition) is 3. The second-order valence-electron chi connectivity index (χ2n) is 3.22. The largest absolute Gasteiger partial charge is 0.468 e. The standard InChI is InChI=1S/C7H9F2NO2/c1-12-6(11)5-4-3(2-10-5)7(4,8)9/h3-5,10H,2H2,1H3/t3-,4-,5-/m0/s1. The Hall–Kier alpha value is -0.710. The van der Waals surface area contributed by atoms with Gasteiger partial charge in [0.15, 0.2) is 0 Å². The van der Waals surface area contributed by atoms with E-state index >= 15 is 0 Å². The molecule has 1 aliphatic heterocycles. The number of ether oxygens (including phenoxy) is 1. The Morgan fingerprint density at radius 3 is 2.75 bits per heavy atom. The van der Waals surface area contributed by atoms with E-state index in [0.717, 1.165) is 0 Å². The molecule has 0 bridgehead atoms. The molecule has 0 amide bonds. The number of carbonyl (C=O) groups excluding carboxylic acids is 1. The lowest BCUT2D eigenvalue weighted by Gasteiger charge is -2.12. The van der Waals surface area contributed by atoms with E-state index in [0.29, 0.717) is 0 Å². The summed E-state index contributed by atoms with van der Waals surface area (Å²) in [6.07, 6.45) is 0. The number of esters is 1. The molecular weight excluding hydrogens is 168 g/mol. The van der Waals surface area contributed by atoms with Gasteiger partial charge >= 0.3 is 5.97 Å². The van der Waals surface area contributed by atoms with E-state index in [1.807, 2.05) is 0 Å². The molecule has 3 atom stereocenters. The van der Waals surface area contributed by atoms with Crippen molar-refractivity contribution in [1.29, 1.82) is 0 Å². The summed E-state index contributed by atoms with van der Waals surface area (Å²) in [5, 5.41) is 2.71. The molecule has 0 radical (unpaired) electrons. The molecule has 0 aromatic rings. The Labute approximate surface area is 68.1 Å². The highest BCUT2D eigenvalue weighted by Crippen LogP contribution is 2.59. The summed E-state index contributed by atoms with van der Waals surface area (Å²) in [6.45, 7) is 0.220. The van der Waals surface area contributed by atoms with Gasteiger partial charge in [-0.3, -0.25) is 4.79 Å². The predicted molar refractivity (Wildman–Crippen MR) is 35.7 cm³/mol. The normalized spacial score (nSPS) is 42.1. The third kappa shape index (κ3) is 0.798. The van der Waals surface area contributed by atoms with Crippen molar-refractivity contribution in [1.82, 2.24) is 5.32 Å². The first-order valence-electron chi connectivity index (χ1n) is 3.78. The summed E-state index contributed by atoms with van der Waals surface area (Å²) in [7, 11) is 1.21. The minimum atomic E-state index is -2.65. The van der Waals surface area contributed by atoms with Crippen molar-refractivity contribution in [2.75, 3.05) is 13.7 Å². The van der Waals surface area contributed by atoms with E-state index in [9.17, 15) is 13.6 Å². The van der Waals surface area contributed by atoms with E-state index in [4.69, 9.17) is 0 Å². The first-order chi connectivity index (χ1) is 5.59. The van der Waals surface area contributed by atoms with Crippen LogP contribution < -0.4 is 5.32 Å². The maximum Gasteiger partial charge on any atom is 0.323 e.